The van der Waals surface area contributed by atoms with Crippen molar-refractivity contribution in [3.8, 4) is 0 Å². The highest BCUT2D eigenvalue weighted by Gasteiger charge is 2.48. The Kier molecular flexibility index (Phi) is 16.8. The number of rotatable bonds is 20. The van der Waals surface area contributed by atoms with Crippen molar-refractivity contribution in [2.24, 2.45) is 0 Å². The first kappa shape index (κ1) is 30.6. The van der Waals surface area contributed by atoms with E-state index >= 15 is 0 Å². The molecule has 0 aromatic rings. The van der Waals surface area contributed by atoms with Crippen LogP contribution < -0.4 is 0 Å². The second kappa shape index (κ2) is 17.1. The van der Waals surface area contributed by atoms with Gasteiger partial charge < -0.3 is 19.4 Å². The van der Waals surface area contributed by atoms with Gasteiger partial charge in [-0.2, -0.15) is 0 Å². The van der Waals surface area contributed by atoms with Crippen molar-refractivity contribution in [3.63, 3.8) is 0 Å². The predicted molar refractivity (Wildman–Crippen MR) is 133 cm³/mol. The first-order chi connectivity index (χ1) is 14.5. The van der Waals surface area contributed by atoms with Gasteiger partial charge in [-0.3, -0.25) is 4.57 Å². The van der Waals surface area contributed by atoms with Crippen LogP contribution >= 0.6 is 7.60 Å². The van der Waals surface area contributed by atoms with Crippen molar-refractivity contribution < 1.29 is 23.9 Å². The third-order valence-corrected chi connectivity index (χ3v) is 6.97. The van der Waals surface area contributed by atoms with Crippen LogP contribution in [0.15, 0.2) is 24.3 Å². The molecule has 184 valence electrons. The largest absolute Gasteiger partial charge is 0.373 e. The van der Waals surface area contributed by atoms with Crippen LogP contribution in [-0.2, 0) is 4.57 Å². The molecule has 0 aliphatic heterocycles. The van der Waals surface area contributed by atoms with Gasteiger partial charge in [0, 0.05) is 0 Å². The van der Waals surface area contributed by atoms with Crippen molar-refractivity contribution in [3.05, 3.63) is 24.3 Å². The van der Waals surface area contributed by atoms with E-state index in [1.54, 1.807) is 0 Å². The van der Waals surface area contributed by atoms with Crippen LogP contribution in [0, 0.1) is 0 Å². The summed E-state index contributed by atoms with van der Waals surface area (Å²) in [6.07, 6.45) is 25.5. The highest BCUT2D eigenvalue weighted by atomic mass is 31.2. The van der Waals surface area contributed by atoms with Crippen LogP contribution in [0.2, 0.25) is 0 Å². The molecule has 0 aliphatic rings. The first-order valence-corrected chi connectivity index (χ1v) is 14.0. The maximum Gasteiger partial charge on any atom is 0.362 e. The molecule has 0 aromatic carbocycles. The Morgan fingerprint density at radius 3 is 1.45 bits per heavy atom. The first-order valence-electron chi connectivity index (χ1n) is 12.4. The molecule has 1 atom stereocenters. The van der Waals surface area contributed by atoms with E-state index in [9.17, 15) is 19.5 Å². The van der Waals surface area contributed by atoms with Gasteiger partial charge in [-0.15, -0.1) is 0 Å². The van der Waals surface area contributed by atoms with Crippen LogP contribution in [0.3, 0.4) is 0 Å². The zero-order valence-corrected chi connectivity index (χ0v) is 21.7. The van der Waals surface area contributed by atoms with Gasteiger partial charge in [-0.05, 0) is 64.2 Å². The molecule has 5 nitrogen and oxygen atoms in total. The van der Waals surface area contributed by atoms with E-state index in [1.807, 2.05) is 21.1 Å². The van der Waals surface area contributed by atoms with Gasteiger partial charge in [0.15, 0.2) is 0 Å². The molecule has 0 saturated heterocycles. The van der Waals surface area contributed by atoms with Gasteiger partial charge in [0.05, 0.1) is 21.1 Å². The van der Waals surface area contributed by atoms with Crippen molar-refractivity contribution in [2.75, 3.05) is 27.7 Å². The Bertz CT molecular complexity index is 536. The molecule has 0 bridgehead atoms. The van der Waals surface area contributed by atoms with Crippen molar-refractivity contribution in [1.82, 2.24) is 0 Å². The number of aliphatic hydroxyl groups is 1. The minimum Gasteiger partial charge on any atom is -0.373 e. The number of hydrogen-bond donors (Lipinski definition) is 3. The minimum atomic E-state index is -4.55. The predicted octanol–water partition coefficient (Wildman–Crippen LogP) is 6.54. The van der Waals surface area contributed by atoms with Crippen LogP contribution in [-0.4, -0.2) is 52.4 Å². The Balaban J connectivity index is 3.72. The molecule has 1 unspecified atom stereocenters. The van der Waals surface area contributed by atoms with Gasteiger partial charge in [-0.1, -0.05) is 63.3 Å². The summed E-state index contributed by atoms with van der Waals surface area (Å²) in [6.45, 7) is 2.29. The average Bonchev–Trinajstić information content (AvgIpc) is 2.65. The normalized spacial score (nSPS) is 15.2. The van der Waals surface area contributed by atoms with Gasteiger partial charge >= 0.3 is 7.60 Å². The van der Waals surface area contributed by atoms with E-state index in [0.717, 1.165) is 25.7 Å². The smallest absolute Gasteiger partial charge is 0.362 e. The summed E-state index contributed by atoms with van der Waals surface area (Å²) < 4.78 is 12.1. The second-order valence-electron chi connectivity index (χ2n) is 10.0. The van der Waals surface area contributed by atoms with Crippen LogP contribution in [0.5, 0.6) is 0 Å². The summed E-state index contributed by atoms with van der Waals surface area (Å²) in [4.78, 5) is 19.2. The lowest BCUT2D eigenvalue weighted by Gasteiger charge is -2.35. The summed E-state index contributed by atoms with van der Waals surface area (Å²) in [5.41, 5.74) is 0. The summed E-state index contributed by atoms with van der Waals surface area (Å²) in [7, 11) is 0.940. The van der Waals surface area contributed by atoms with E-state index in [1.165, 1.54) is 57.8 Å². The van der Waals surface area contributed by atoms with Gasteiger partial charge in [0.2, 0.25) is 5.34 Å². The molecular weight excluding hydrogens is 409 g/mol. The molecule has 0 amide bonds. The molecule has 0 aliphatic carbocycles. The third kappa shape index (κ3) is 17.7. The molecule has 0 fully saturated rings. The quantitative estimate of drug-likeness (QED) is 0.0834. The Morgan fingerprint density at radius 2 is 1.10 bits per heavy atom. The van der Waals surface area contributed by atoms with Gasteiger partial charge in [0.1, 0.15) is 6.54 Å². The zero-order chi connectivity index (χ0) is 23.6. The maximum atomic E-state index is 11.8. The number of allylic oxidation sites excluding steroid dienone is 4. The van der Waals surface area contributed by atoms with Crippen molar-refractivity contribution in [1.29, 1.82) is 0 Å². The van der Waals surface area contributed by atoms with Crippen LogP contribution in [0.25, 0.3) is 0 Å². The molecule has 31 heavy (non-hydrogen) atoms. The molecule has 0 aromatic heterocycles. The van der Waals surface area contributed by atoms with Crippen LogP contribution in [0.1, 0.15) is 103 Å². The topological polar surface area (TPSA) is 77.8 Å². The minimum absolute atomic E-state index is 0.0480. The number of nitrogens with zero attached hydrogens (tertiary/aromatic N) is 1. The Morgan fingerprint density at radius 1 is 0.710 bits per heavy atom. The van der Waals surface area contributed by atoms with Crippen LogP contribution in [0.4, 0.5) is 0 Å². The molecule has 0 spiro atoms. The highest BCUT2D eigenvalue weighted by Crippen LogP contribution is 2.52. The monoisotopic (exact) mass is 460 g/mol. The molecular formula is C25H51NO4P+. The van der Waals surface area contributed by atoms with Crippen molar-refractivity contribution in [2.45, 2.75) is 109 Å². The fourth-order valence-electron chi connectivity index (χ4n) is 3.79. The number of quaternary nitrogens is 1. The summed E-state index contributed by atoms with van der Waals surface area (Å²) >= 11 is 0. The zero-order valence-electron chi connectivity index (χ0n) is 20.8. The van der Waals surface area contributed by atoms with Gasteiger partial charge in [0.25, 0.3) is 0 Å². The highest BCUT2D eigenvalue weighted by molar-refractivity contribution is 7.53. The fraction of sp³-hybridized carbons (Fsp3) is 0.840. The molecule has 3 N–H and O–H groups in total. The maximum absolute atomic E-state index is 11.8. The fourth-order valence-corrected chi connectivity index (χ4v) is 4.84. The molecule has 0 rings (SSSR count). The van der Waals surface area contributed by atoms with E-state index < -0.39 is 12.9 Å². The number of likely N-dealkylation sites (N-methyl/N-ethyl adjacent to an activating group) is 1. The molecule has 6 heteroatoms. The molecule has 0 saturated carbocycles. The third-order valence-electron chi connectivity index (χ3n) is 5.52. The summed E-state index contributed by atoms with van der Waals surface area (Å²) in [6, 6.07) is 0. The van der Waals surface area contributed by atoms with Gasteiger partial charge in [-0.25, -0.2) is 0 Å². The van der Waals surface area contributed by atoms with E-state index in [2.05, 4.69) is 31.2 Å². The molecule has 0 heterocycles. The standard InChI is InChI=1S/C25H50NO4P/c1-5-6-7-8-9-10-11-12-13-14-15-16-17-18-19-20-21-22-23-25(27,31(28,29)30)24-26(2,3)4/h9-10,17-18,27H,5-8,11-16,19-24H2,1-4H3,(H-,28,29,30)/p+1/b10-9-,18-17-. The Labute approximate surface area is 192 Å². The summed E-state index contributed by atoms with van der Waals surface area (Å²) in [5, 5.41) is 8.60. The lowest BCUT2D eigenvalue weighted by atomic mass is 10.1. The Hall–Kier alpha value is -0.450. The molecule has 0 radical (unpaired) electrons. The number of hydrogen-bond acceptors (Lipinski definition) is 2. The SMILES string of the molecule is CCCCC/C=C\CCCCCC/C=C\CCCCCC(O)(C[N+](C)(C)C)P(=O)(O)O. The lowest BCUT2D eigenvalue weighted by Crippen LogP contribution is -2.49. The average molecular weight is 461 g/mol. The van der Waals surface area contributed by atoms with E-state index in [-0.39, 0.29) is 13.0 Å². The van der Waals surface area contributed by atoms with Crippen molar-refractivity contribution >= 4 is 7.60 Å². The van der Waals surface area contributed by atoms with E-state index in [4.69, 9.17) is 0 Å². The lowest BCUT2D eigenvalue weighted by molar-refractivity contribution is -0.875. The van der Waals surface area contributed by atoms with E-state index in [0.29, 0.717) is 10.9 Å². The summed E-state index contributed by atoms with van der Waals surface area (Å²) in [5.74, 6) is 0. The second-order valence-corrected chi connectivity index (χ2v) is 11.9. The number of unbranched alkanes of at least 4 members (excludes halogenated alkanes) is 11.